The fourth-order valence-corrected chi connectivity index (χ4v) is 4.75. The van der Waals surface area contributed by atoms with Gasteiger partial charge in [0.2, 0.25) is 0 Å². The van der Waals surface area contributed by atoms with Crippen LogP contribution in [-0.2, 0) is 12.0 Å². The Kier molecular flexibility index (Phi) is 6.24. The molecule has 5 heteroatoms. The number of nitrogens with zero attached hydrogens (tertiary/aromatic N) is 2. The molecule has 0 spiro atoms. The topological polar surface area (TPSA) is 8.81 Å². The normalized spacial score (nSPS) is 13.8. The Morgan fingerprint density at radius 3 is 2.30 bits per heavy atom. The van der Waals surface area contributed by atoms with Gasteiger partial charge in [-0.25, -0.2) is 4.57 Å². The molecule has 2 nitrogen and oxygen atoms in total. The fourth-order valence-electron chi connectivity index (χ4n) is 3.38. The third kappa shape index (κ3) is 4.20. The Bertz CT molecular complexity index is 923. The molecule has 1 aliphatic rings. The van der Waals surface area contributed by atoms with E-state index < -0.39 is 0 Å². The Balaban J connectivity index is 0.00000210. The first-order chi connectivity index (χ1) is 12.4. The van der Waals surface area contributed by atoms with Gasteiger partial charge in [0.25, 0.3) is 0 Å². The van der Waals surface area contributed by atoms with Crippen LogP contribution in [0, 0.1) is 0 Å². The number of aryl methyl sites for hydroxylation is 1. The van der Waals surface area contributed by atoms with E-state index in [-0.39, 0.29) is 22.4 Å². The number of hydrogen-bond donors (Lipinski definition) is 0. The molecule has 2 aromatic carbocycles. The van der Waals surface area contributed by atoms with Crippen molar-refractivity contribution in [2.24, 2.45) is 0 Å². The van der Waals surface area contributed by atoms with Gasteiger partial charge in [0, 0.05) is 15.8 Å². The average molecular weight is 508 g/mol. The number of benzene rings is 2. The van der Waals surface area contributed by atoms with Crippen LogP contribution in [0.3, 0.4) is 0 Å². The third-order valence-corrected chi connectivity index (χ3v) is 6.56. The van der Waals surface area contributed by atoms with Crippen molar-refractivity contribution in [2.45, 2.75) is 44.3 Å². The first-order valence-electron chi connectivity index (χ1n) is 9.08. The van der Waals surface area contributed by atoms with E-state index in [1.807, 2.05) is 11.8 Å². The number of thioether (sulfide) groups is 1. The highest BCUT2D eigenvalue weighted by molar-refractivity contribution is 9.10. The summed E-state index contributed by atoms with van der Waals surface area (Å²) in [6.07, 6.45) is 3.55. The van der Waals surface area contributed by atoms with Crippen LogP contribution >= 0.6 is 27.7 Å². The van der Waals surface area contributed by atoms with Crippen molar-refractivity contribution in [3.8, 4) is 16.9 Å². The van der Waals surface area contributed by atoms with Crippen LogP contribution in [0.4, 0.5) is 0 Å². The highest BCUT2D eigenvalue weighted by Crippen LogP contribution is 2.32. The Hall–Kier alpha value is -1.04. The molecule has 0 amide bonds. The molecule has 4 rings (SSSR count). The summed E-state index contributed by atoms with van der Waals surface area (Å²) in [4.78, 5) is 0. The van der Waals surface area contributed by atoms with Crippen LogP contribution in [0.25, 0.3) is 16.9 Å². The molecule has 142 valence electrons. The predicted molar refractivity (Wildman–Crippen MR) is 113 cm³/mol. The summed E-state index contributed by atoms with van der Waals surface area (Å²) < 4.78 is 5.92. The van der Waals surface area contributed by atoms with Crippen LogP contribution in [0.1, 0.15) is 32.8 Å². The summed E-state index contributed by atoms with van der Waals surface area (Å²) in [7, 11) is 0. The zero-order valence-corrected chi connectivity index (χ0v) is 19.9. The summed E-state index contributed by atoms with van der Waals surface area (Å²) >= 11 is 5.51. The third-order valence-electron chi connectivity index (χ3n) is 4.86. The van der Waals surface area contributed by atoms with Gasteiger partial charge in [0.1, 0.15) is 11.9 Å². The Morgan fingerprint density at radius 2 is 1.67 bits per heavy atom. The van der Waals surface area contributed by atoms with Crippen LogP contribution in [-0.4, -0.2) is 10.3 Å². The lowest BCUT2D eigenvalue weighted by Gasteiger charge is -2.18. The molecule has 0 N–H and O–H groups in total. The quantitative estimate of drug-likeness (QED) is 0.484. The van der Waals surface area contributed by atoms with Crippen molar-refractivity contribution >= 4 is 27.7 Å². The Morgan fingerprint density at radius 1 is 1.00 bits per heavy atom. The molecule has 0 unspecified atom stereocenters. The maximum atomic E-state index is 3.55. The summed E-state index contributed by atoms with van der Waals surface area (Å²) in [6.45, 7) is 7.88. The molecule has 27 heavy (non-hydrogen) atoms. The van der Waals surface area contributed by atoms with Gasteiger partial charge in [-0.3, -0.25) is 0 Å². The zero-order chi connectivity index (χ0) is 18.3. The second-order valence-corrected chi connectivity index (χ2v) is 9.81. The first-order valence-corrected chi connectivity index (χ1v) is 10.9. The molecule has 0 saturated heterocycles. The van der Waals surface area contributed by atoms with Gasteiger partial charge in [0.15, 0.2) is 5.69 Å². The smallest absolute Gasteiger partial charge is 0.323 e. The fraction of sp³-hybridized carbons (Fsp3) is 0.318. The van der Waals surface area contributed by atoms with Crippen LogP contribution in [0.2, 0.25) is 0 Å². The zero-order valence-electron chi connectivity index (χ0n) is 15.9. The molecule has 0 radical (unpaired) electrons. The molecule has 1 aliphatic heterocycles. The van der Waals surface area contributed by atoms with Crippen molar-refractivity contribution < 1.29 is 21.5 Å². The standard InChI is InChI=1S/C22H24BrN2S.BrH/c1-22(2,3)17-7-5-16(6-8-17)20-15-24-13-4-14-26-21(24)25(20)19-11-9-18(23)10-12-19;/h5-12,15H,4,13-14H2,1-3H3;1H/q+1;/p-1. The van der Waals surface area contributed by atoms with E-state index in [9.17, 15) is 0 Å². The lowest BCUT2D eigenvalue weighted by Crippen LogP contribution is -3.00. The van der Waals surface area contributed by atoms with Gasteiger partial charge >= 0.3 is 5.16 Å². The van der Waals surface area contributed by atoms with Gasteiger partial charge in [-0.2, -0.15) is 4.57 Å². The summed E-state index contributed by atoms with van der Waals surface area (Å²) in [5.74, 6) is 1.18. The number of aromatic nitrogens is 2. The number of fused-ring (bicyclic) bond motifs is 1. The molecule has 2 heterocycles. The highest BCUT2D eigenvalue weighted by atomic mass is 79.9. The molecule has 3 aromatic rings. The summed E-state index contributed by atoms with van der Waals surface area (Å²) in [5, 5.41) is 1.33. The number of halogens is 2. The molecule has 0 bridgehead atoms. The van der Waals surface area contributed by atoms with Gasteiger partial charge in [-0.05, 0) is 53.4 Å². The Labute approximate surface area is 184 Å². The van der Waals surface area contributed by atoms with E-state index >= 15 is 0 Å². The van der Waals surface area contributed by atoms with E-state index in [0.717, 1.165) is 11.0 Å². The number of rotatable bonds is 2. The lowest BCUT2D eigenvalue weighted by molar-refractivity contribution is -0.734. The monoisotopic (exact) mass is 506 g/mol. The predicted octanol–water partition coefficient (Wildman–Crippen LogP) is 2.99. The summed E-state index contributed by atoms with van der Waals surface area (Å²) in [5.41, 5.74) is 5.29. The van der Waals surface area contributed by atoms with Crippen LogP contribution in [0.5, 0.6) is 0 Å². The molecule has 0 atom stereocenters. The maximum Gasteiger partial charge on any atom is 0.323 e. The second kappa shape index (κ2) is 8.14. The molecular formula is C22H24Br2N2S. The minimum atomic E-state index is 0. The molecule has 1 aromatic heterocycles. The largest absolute Gasteiger partial charge is 1.00 e. The van der Waals surface area contributed by atoms with Crippen LogP contribution < -0.4 is 21.5 Å². The molecular weight excluding hydrogens is 484 g/mol. The van der Waals surface area contributed by atoms with E-state index in [4.69, 9.17) is 0 Å². The van der Waals surface area contributed by atoms with Crippen molar-refractivity contribution in [1.82, 2.24) is 4.57 Å². The molecule has 0 saturated carbocycles. The van der Waals surface area contributed by atoms with Crippen molar-refractivity contribution in [3.05, 3.63) is 64.8 Å². The van der Waals surface area contributed by atoms with Crippen molar-refractivity contribution in [3.63, 3.8) is 0 Å². The number of imidazole rings is 1. The highest BCUT2D eigenvalue weighted by Gasteiger charge is 2.29. The van der Waals surface area contributed by atoms with E-state index in [2.05, 4.69) is 101 Å². The molecule has 0 aliphatic carbocycles. The first kappa shape index (κ1) is 20.7. The van der Waals surface area contributed by atoms with Gasteiger partial charge < -0.3 is 17.0 Å². The van der Waals surface area contributed by atoms with Gasteiger partial charge in [-0.15, -0.1) is 0 Å². The second-order valence-electron chi connectivity index (χ2n) is 7.83. The van der Waals surface area contributed by atoms with E-state index in [1.54, 1.807) is 0 Å². The van der Waals surface area contributed by atoms with Crippen molar-refractivity contribution in [2.75, 3.05) is 5.75 Å². The van der Waals surface area contributed by atoms with Crippen LogP contribution in [0.15, 0.2) is 64.4 Å². The van der Waals surface area contributed by atoms with E-state index in [1.165, 1.54) is 39.8 Å². The molecule has 0 fully saturated rings. The van der Waals surface area contributed by atoms with Gasteiger partial charge in [0.05, 0.1) is 6.54 Å². The van der Waals surface area contributed by atoms with Gasteiger partial charge in [-0.1, -0.05) is 61.0 Å². The van der Waals surface area contributed by atoms with Crippen molar-refractivity contribution in [1.29, 1.82) is 0 Å². The lowest BCUT2D eigenvalue weighted by atomic mass is 9.86. The average Bonchev–Trinajstić information content (AvgIpc) is 3.01. The SMILES string of the molecule is CC(C)(C)c1ccc(-c2c[n+]3c(n2-c2ccc(Br)cc2)SCCC3)cc1.[Br-]. The summed E-state index contributed by atoms with van der Waals surface area (Å²) in [6, 6.07) is 17.7. The minimum absolute atomic E-state index is 0. The minimum Gasteiger partial charge on any atom is -1.00 e. The van der Waals surface area contributed by atoms with E-state index in [0.29, 0.717) is 0 Å². The number of hydrogen-bond acceptors (Lipinski definition) is 1. The maximum absolute atomic E-state index is 3.55.